The maximum Gasteiger partial charge on any atom is 0.277 e. The lowest BCUT2D eigenvalue weighted by Gasteiger charge is -2.07. The molecule has 0 radical (unpaired) electrons. The molecule has 0 aliphatic rings. The number of carbonyl (C=O) groups excluding carboxylic acids is 1. The van der Waals surface area contributed by atoms with E-state index in [4.69, 9.17) is 27.9 Å². The van der Waals surface area contributed by atoms with Gasteiger partial charge < -0.3 is 4.74 Å². The Morgan fingerprint density at radius 2 is 2.00 bits per heavy atom. The molecule has 0 aliphatic heterocycles. The summed E-state index contributed by atoms with van der Waals surface area (Å²) in [5.74, 6) is -0.0570. The smallest absolute Gasteiger partial charge is 0.277 e. The van der Waals surface area contributed by atoms with E-state index in [1.807, 2.05) is 24.3 Å². The zero-order valence-corrected chi connectivity index (χ0v) is 14.3. The molecule has 0 atom stereocenters. The zero-order valence-electron chi connectivity index (χ0n) is 11.2. The number of hydrogen-bond donors (Lipinski definition) is 1. The lowest BCUT2D eigenvalue weighted by molar-refractivity contribution is -0.123. The van der Waals surface area contributed by atoms with Crippen LogP contribution in [0.2, 0.25) is 10.0 Å². The monoisotopic (exact) mass is 400 g/mol. The highest BCUT2D eigenvalue weighted by atomic mass is 79.9. The molecule has 2 rings (SSSR count). The van der Waals surface area contributed by atoms with Gasteiger partial charge in [-0.1, -0.05) is 63.4 Å². The fraction of sp³-hybridized carbons (Fsp3) is 0.0667. The first-order chi connectivity index (χ1) is 10.6. The summed E-state index contributed by atoms with van der Waals surface area (Å²) in [6.07, 6.45) is 1.54. The number of benzene rings is 2. The summed E-state index contributed by atoms with van der Waals surface area (Å²) in [5.41, 5.74) is 3.22. The third-order valence-corrected chi connectivity index (χ3v) is 4.10. The number of hydrogen-bond acceptors (Lipinski definition) is 3. The standard InChI is InChI=1S/C15H11BrCl2N2O2/c16-11-5-2-1-4-10(11)8-19-20-14(21)9-22-13-7-3-6-12(17)15(13)18/h1-8H,9H2,(H,20,21). The van der Waals surface area contributed by atoms with Gasteiger partial charge in [0.1, 0.15) is 10.8 Å². The van der Waals surface area contributed by atoms with Gasteiger partial charge in [0.05, 0.1) is 11.2 Å². The van der Waals surface area contributed by atoms with Crippen LogP contribution in [-0.2, 0) is 4.79 Å². The van der Waals surface area contributed by atoms with Gasteiger partial charge in [-0.15, -0.1) is 0 Å². The third-order valence-electron chi connectivity index (χ3n) is 2.57. The number of carbonyl (C=O) groups is 1. The van der Waals surface area contributed by atoms with Gasteiger partial charge in [0.2, 0.25) is 0 Å². The molecule has 2 aromatic rings. The highest BCUT2D eigenvalue weighted by Crippen LogP contribution is 2.31. The molecule has 7 heteroatoms. The Bertz CT molecular complexity index is 708. The molecule has 0 heterocycles. The van der Waals surface area contributed by atoms with Gasteiger partial charge in [0.15, 0.2) is 6.61 Å². The van der Waals surface area contributed by atoms with Crippen molar-refractivity contribution in [2.24, 2.45) is 5.10 Å². The molecule has 0 saturated carbocycles. The molecule has 1 amide bonds. The van der Waals surface area contributed by atoms with Gasteiger partial charge in [-0.3, -0.25) is 4.79 Å². The molecule has 0 saturated heterocycles. The molecule has 0 spiro atoms. The van der Waals surface area contributed by atoms with Gasteiger partial charge in [0, 0.05) is 10.0 Å². The minimum atomic E-state index is -0.403. The summed E-state index contributed by atoms with van der Waals surface area (Å²) in [7, 11) is 0. The van der Waals surface area contributed by atoms with Crippen molar-refractivity contribution in [3.63, 3.8) is 0 Å². The molecule has 0 bridgehead atoms. The number of ether oxygens (including phenoxy) is 1. The van der Waals surface area contributed by atoms with Crippen molar-refractivity contribution >= 4 is 51.3 Å². The minimum Gasteiger partial charge on any atom is -0.482 e. The average molecular weight is 402 g/mol. The first-order valence-electron chi connectivity index (χ1n) is 6.21. The van der Waals surface area contributed by atoms with Crippen molar-refractivity contribution in [2.75, 3.05) is 6.61 Å². The van der Waals surface area contributed by atoms with Crippen molar-refractivity contribution in [1.82, 2.24) is 5.43 Å². The van der Waals surface area contributed by atoms with E-state index in [1.54, 1.807) is 18.2 Å². The lowest BCUT2D eigenvalue weighted by atomic mass is 10.2. The fourth-order valence-corrected chi connectivity index (χ4v) is 2.26. The quantitative estimate of drug-likeness (QED) is 0.600. The number of nitrogens with one attached hydrogen (secondary N) is 1. The summed E-state index contributed by atoms with van der Waals surface area (Å²) in [5, 5.41) is 4.50. The second kappa shape index (κ2) is 8.17. The third kappa shape index (κ3) is 4.73. The Balaban J connectivity index is 1.86. The van der Waals surface area contributed by atoms with E-state index < -0.39 is 5.91 Å². The summed E-state index contributed by atoms with van der Waals surface area (Å²) >= 11 is 15.2. The maximum absolute atomic E-state index is 11.7. The first-order valence-corrected chi connectivity index (χ1v) is 7.76. The lowest BCUT2D eigenvalue weighted by Crippen LogP contribution is -2.24. The molecule has 2 aromatic carbocycles. The summed E-state index contributed by atoms with van der Waals surface area (Å²) in [6, 6.07) is 12.5. The van der Waals surface area contributed by atoms with E-state index in [0.717, 1.165) is 10.0 Å². The van der Waals surface area contributed by atoms with Crippen LogP contribution in [0.15, 0.2) is 52.0 Å². The molecular weight excluding hydrogens is 391 g/mol. The molecule has 0 unspecified atom stereocenters. The second-order valence-electron chi connectivity index (χ2n) is 4.16. The normalized spacial score (nSPS) is 10.7. The number of halogens is 3. The molecular formula is C15H11BrCl2N2O2. The summed E-state index contributed by atoms with van der Waals surface area (Å²) in [6.45, 7) is -0.215. The van der Waals surface area contributed by atoms with Crippen LogP contribution in [0.1, 0.15) is 5.56 Å². The predicted molar refractivity (Wildman–Crippen MR) is 91.8 cm³/mol. The molecule has 0 aliphatic carbocycles. The summed E-state index contributed by atoms with van der Waals surface area (Å²) < 4.78 is 6.18. The van der Waals surface area contributed by atoms with E-state index in [1.165, 1.54) is 6.21 Å². The zero-order chi connectivity index (χ0) is 15.9. The molecule has 22 heavy (non-hydrogen) atoms. The van der Waals surface area contributed by atoms with E-state index in [2.05, 4.69) is 26.5 Å². The number of rotatable bonds is 5. The van der Waals surface area contributed by atoms with Gasteiger partial charge in [0.25, 0.3) is 5.91 Å². The summed E-state index contributed by atoms with van der Waals surface area (Å²) in [4.78, 5) is 11.7. The molecule has 114 valence electrons. The molecule has 1 N–H and O–H groups in total. The van der Waals surface area contributed by atoms with Gasteiger partial charge >= 0.3 is 0 Å². The Morgan fingerprint density at radius 1 is 1.23 bits per heavy atom. The van der Waals surface area contributed by atoms with Crippen molar-refractivity contribution < 1.29 is 9.53 Å². The van der Waals surface area contributed by atoms with E-state index in [0.29, 0.717) is 10.8 Å². The van der Waals surface area contributed by atoms with Crippen LogP contribution in [0.3, 0.4) is 0 Å². The second-order valence-corrected chi connectivity index (χ2v) is 5.79. The van der Waals surface area contributed by atoms with Crippen LogP contribution in [0.5, 0.6) is 5.75 Å². The highest BCUT2D eigenvalue weighted by Gasteiger charge is 2.07. The van der Waals surface area contributed by atoms with Crippen LogP contribution < -0.4 is 10.2 Å². The molecule has 4 nitrogen and oxygen atoms in total. The van der Waals surface area contributed by atoms with Crippen molar-refractivity contribution in [3.8, 4) is 5.75 Å². The van der Waals surface area contributed by atoms with E-state index in [-0.39, 0.29) is 11.6 Å². The van der Waals surface area contributed by atoms with Crippen molar-refractivity contribution in [1.29, 1.82) is 0 Å². The largest absolute Gasteiger partial charge is 0.482 e. The number of nitrogens with zero attached hydrogens (tertiary/aromatic N) is 1. The first kappa shape index (κ1) is 16.8. The highest BCUT2D eigenvalue weighted by molar-refractivity contribution is 9.10. The van der Waals surface area contributed by atoms with Crippen LogP contribution in [0.25, 0.3) is 0 Å². The number of amides is 1. The Labute approximate surface area is 146 Å². The van der Waals surface area contributed by atoms with Crippen molar-refractivity contribution in [3.05, 3.63) is 62.5 Å². The Hall–Kier alpha value is -1.56. The van der Waals surface area contributed by atoms with E-state index >= 15 is 0 Å². The SMILES string of the molecule is O=C(COc1cccc(Cl)c1Cl)NN=Cc1ccccc1Br. The number of hydrazone groups is 1. The Kier molecular flexibility index (Phi) is 6.24. The van der Waals surface area contributed by atoms with Gasteiger partial charge in [-0.05, 0) is 18.2 Å². The Morgan fingerprint density at radius 3 is 2.77 bits per heavy atom. The molecule has 0 aromatic heterocycles. The van der Waals surface area contributed by atoms with Crippen LogP contribution in [0, 0.1) is 0 Å². The average Bonchev–Trinajstić information content (AvgIpc) is 2.51. The van der Waals surface area contributed by atoms with Crippen molar-refractivity contribution in [2.45, 2.75) is 0 Å². The van der Waals surface area contributed by atoms with Crippen LogP contribution >= 0.6 is 39.1 Å². The molecule has 0 fully saturated rings. The topological polar surface area (TPSA) is 50.7 Å². The predicted octanol–water partition coefficient (Wildman–Crippen LogP) is 4.29. The minimum absolute atomic E-state index is 0.215. The van der Waals surface area contributed by atoms with E-state index in [9.17, 15) is 4.79 Å². The van der Waals surface area contributed by atoms with Gasteiger partial charge in [-0.25, -0.2) is 5.43 Å². The van der Waals surface area contributed by atoms with Crippen LogP contribution in [-0.4, -0.2) is 18.7 Å². The van der Waals surface area contributed by atoms with Gasteiger partial charge in [-0.2, -0.15) is 5.10 Å². The van der Waals surface area contributed by atoms with Crippen LogP contribution in [0.4, 0.5) is 0 Å². The fourth-order valence-electron chi connectivity index (χ4n) is 1.52. The maximum atomic E-state index is 11.7.